The van der Waals surface area contributed by atoms with Crippen molar-refractivity contribution in [3.05, 3.63) is 23.9 Å². The number of hydrogen-bond donors (Lipinski definition) is 1. The van der Waals surface area contributed by atoms with E-state index in [0.29, 0.717) is 11.4 Å². The van der Waals surface area contributed by atoms with Gasteiger partial charge in [-0.2, -0.15) is 11.8 Å². The van der Waals surface area contributed by atoms with Crippen molar-refractivity contribution in [1.29, 1.82) is 0 Å². The number of carbonyl (C=O) groups excluding carboxylic acids is 1. The highest BCUT2D eigenvalue weighted by atomic mass is 32.2. The molecule has 1 amide bonds. The summed E-state index contributed by atoms with van der Waals surface area (Å²) in [6.45, 7) is 0. The van der Waals surface area contributed by atoms with Gasteiger partial charge in [-0.15, -0.1) is 0 Å². The Balaban J connectivity index is 1.98. The molecular weight excluding hydrogens is 224 g/mol. The average Bonchev–Trinajstić information content (AvgIpc) is 2.82. The maximum atomic E-state index is 11.3. The molecule has 1 saturated heterocycles. The van der Waals surface area contributed by atoms with Gasteiger partial charge in [-0.05, 0) is 18.2 Å². The van der Waals surface area contributed by atoms with Crippen LogP contribution in [0.1, 0.15) is 16.8 Å². The fourth-order valence-corrected chi connectivity index (χ4v) is 2.60. The lowest BCUT2D eigenvalue weighted by atomic mass is 10.2. The van der Waals surface area contributed by atoms with Crippen LogP contribution < -0.4 is 10.1 Å². The minimum atomic E-state index is -0.129. The van der Waals surface area contributed by atoms with E-state index < -0.39 is 0 Å². The van der Waals surface area contributed by atoms with Gasteiger partial charge in [0.25, 0.3) is 5.91 Å². The number of rotatable bonds is 3. The van der Waals surface area contributed by atoms with Crippen LogP contribution >= 0.6 is 11.8 Å². The summed E-state index contributed by atoms with van der Waals surface area (Å²) in [6, 6.07) is 3.47. The molecule has 4 nitrogen and oxygen atoms in total. The Morgan fingerprint density at radius 3 is 3.06 bits per heavy atom. The van der Waals surface area contributed by atoms with E-state index in [4.69, 9.17) is 4.74 Å². The van der Waals surface area contributed by atoms with Crippen molar-refractivity contribution in [2.75, 3.05) is 18.6 Å². The summed E-state index contributed by atoms with van der Waals surface area (Å²) in [5.74, 6) is 2.65. The molecule has 1 aliphatic rings. The van der Waals surface area contributed by atoms with Gasteiger partial charge in [-0.25, -0.2) is 4.98 Å². The van der Waals surface area contributed by atoms with Crippen molar-refractivity contribution >= 4 is 17.7 Å². The molecule has 1 fully saturated rings. The Labute approximate surface area is 98.8 Å². The maximum absolute atomic E-state index is 11.3. The highest BCUT2D eigenvalue weighted by Gasteiger charge is 2.17. The van der Waals surface area contributed by atoms with Crippen molar-refractivity contribution in [2.24, 2.45) is 0 Å². The maximum Gasteiger partial charge on any atom is 0.252 e. The topological polar surface area (TPSA) is 51.2 Å². The average molecular weight is 238 g/mol. The molecule has 16 heavy (non-hydrogen) atoms. The number of carbonyl (C=O) groups is 1. The minimum absolute atomic E-state index is 0.129. The van der Waals surface area contributed by atoms with E-state index >= 15 is 0 Å². The van der Waals surface area contributed by atoms with E-state index in [1.54, 1.807) is 19.2 Å². The first-order valence-electron chi connectivity index (χ1n) is 5.22. The molecule has 2 rings (SSSR count). The van der Waals surface area contributed by atoms with E-state index in [0.717, 1.165) is 17.9 Å². The number of pyridine rings is 1. The van der Waals surface area contributed by atoms with E-state index in [-0.39, 0.29) is 12.0 Å². The molecule has 0 aromatic carbocycles. The fraction of sp³-hybridized carbons (Fsp3) is 0.455. The first-order valence-corrected chi connectivity index (χ1v) is 6.37. The molecule has 1 aromatic rings. The van der Waals surface area contributed by atoms with Crippen LogP contribution in [-0.4, -0.2) is 35.5 Å². The lowest BCUT2D eigenvalue weighted by molar-refractivity contribution is 0.0962. The minimum Gasteiger partial charge on any atom is -0.473 e. The zero-order chi connectivity index (χ0) is 11.4. The monoisotopic (exact) mass is 238 g/mol. The molecule has 86 valence electrons. The molecule has 1 N–H and O–H groups in total. The number of ether oxygens (including phenoxy) is 1. The third kappa shape index (κ3) is 2.66. The van der Waals surface area contributed by atoms with Crippen molar-refractivity contribution < 1.29 is 9.53 Å². The van der Waals surface area contributed by atoms with Gasteiger partial charge >= 0.3 is 0 Å². The molecule has 0 bridgehead atoms. The van der Waals surface area contributed by atoms with Gasteiger partial charge in [-0.1, -0.05) is 0 Å². The lowest BCUT2D eigenvalue weighted by Crippen LogP contribution is -2.18. The first kappa shape index (κ1) is 11.3. The van der Waals surface area contributed by atoms with Gasteiger partial charge in [0.1, 0.15) is 6.10 Å². The molecule has 1 unspecified atom stereocenters. The molecule has 1 aliphatic heterocycles. The van der Waals surface area contributed by atoms with Gasteiger partial charge in [0, 0.05) is 25.1 Å². The van der Waals surface area contributed by atoms with Crippen LogP contribution in [0.2, 0.25) is 0 Å². The van der Waals surface area contributed by atoms with Crippen molar-refractivity contribution in [3.63, 3.8) is 0 Å². The summed E-state index contributed by atoms with van der Waals surface area (Å²) >= 11 is 1.90. The molecule has 0 radical (unpaired) electrons. The van der Waals surface area contributed by atoms with Crippen LogP contribution in [0.4, 0.5) is 0 Å². The van der Waals surface area contributed by atoms with E-state index in [1.807, 2.05) is 11.8 Å². The fourth-order valence-electron chi connectivity index (χ4n) is 1.51. The number of nitrogens with one attached hydrogen (secondary N) is 1. The number of nitrogens with zero attached hydrogens (tertiary/aromatic N) is 1. The lowest BCUT2D eigenvalue weighted by Gasteiger charge is -2.11. The summed E-state index contributed by atoms with van der Waals surface area (Å²) < 4.78 is 5.68. The Kier molecular flexibility index (Phi) is 3.66. The Hall–Kier alpha value is -1.23. The zero-order valence-corrected chi connectivity index (χ0v) is 9.92. The largest absolute Gasteiger partial charge is 0.473 e. The van der Waals surface area contributed by atoms with Crippen LogP contribution in [0.5, 0.6) is 5.88 Å². The van der Waals surface area contributed by atoms with Crippen LogP contribution in [0.3, 0.4) is 0 Å². The van der Waals surface area contributed by atoms with Crippen LogP contribution in [0.15, 0.2) is 18.3 Å². The number of hydrogen-bond acceptors (Lipinski definition) is 4. The second kappa shape index (κ2) is 5.21. The molecule has 1 atom stereocenters. The summed E-state index contributed by atoms with van der Waals surface area (Å²) in [7, 11) is 1.60. The molecular formula is C11H14N2O2S. The molecule has 0 aliphatic carbocycles. The molecule has 5 heteroatoms. The standard InChI is InChI=1S/C11H14N2O2S/c1-12-11(14)8-2-3-10(13-6-8)15-9-4-5-16-7-9/h2-3,6,9H,4-5,7H2,1H3,(H,12,14). The summed E-state index contributed by atoms with van der Waals surface area (Å²) in [5, 5.41) is 2.55. The van der Waals surface area contributed by atoms with Crippen LogP contribution in [0.25, 0.3) is 0 Å². The summed E-state index contributed by atoms with van der Waals surface area (Å²) in [6.07, 6.45) is 2.88. The number of thioether (sulfide) groups is 1. The van der Waals surface area contributed by atoms with E-state index in [1.165, 1.54) is 6.20 Å². The van der Waals surface area contributed by atoms with Crippen molar-refractivity contribution in [1.82, 2.24) is 10.3 Å². The molecule has 1 aromatic heterocycles. The molecule has 0 saturated carbocycles. The van der Waals surface area contributed by atoms with E-state index in [9.17, 15) is 4.79 Å². The Morgan fingerprint density at radius 1 is 1.62 bits per heavy atom. The molecule has 2 heterocycles. The van der Waals surface area contributed by atoms with Crippen LogP contribution in [-0.2, 0) is 0 Å². The third-order valence-electron chi connectivity index (χ3n) is 2.40. The molecule has 0 spiro atoms. The second-order valence-electron chi connectivity index (χ2n) is 3.57. The number of aromatic nitrogens is 1. The Bertz CT molecular complexity index is 361. The summed E-state index contributed by atoms with van der Waals surface area (Å²) in [5.41, 5.74) is 0.552. The van der Waals surface area contributed by atoms with Gasteiger partial charge in [0.2, 0.25) is 5.88 Å². The van der Waals surface area contributed by atoms with Gasteiger partial charge in [0.05, 0.1) is 5.56 Å². The van der Waals surface area contributed by atoms with Gasteiger partial charge in [-0.3, -0.25) is 4.79 Å². The van der Waals surface area contributed by atoms with Crippen LogP contribution in [0, 0.1) is 0 Å². The third-order valence-corrected chi connectivity index (χ3v) is 3.53. The van der Waals surface area contributed by atoms with Crippen molar-refractivity contribution in [2.45, 2.75) is 12.5 Å². The second-order valence-corrected chi connectivity index (χ2v) is 4.72. The zero-order valence-electron chi connectivity index (χ0n) is 9.10. The van der Waals surface area contributed by atoms with Gasteiger partial charge in [0.15, 0.2) is 0 Å². The first-order chi connectivity index (χ1) is 7.79. The smallest absolute Gasteiger partial charge is 0.252 e. The Morgan fingerprint density at radius 2 is 2.50 bits per heavy atom. The number of amides is 1. The van der Waals surface area contributed by atoms with Crippen molar-refractivity contribution in [3.8, 4) is 5.88 Å². The SMILES string of the molecule is CNC(=O)c1ccc(OC2CCSC2)nc1. The normalized spacial score (nSPS) is 19.4. The quantitative estimate of drug-likeness (QED) is 0.863. The van der Waals surface area contributed by atoms with Gasteiger partial charge < -0.3 is 10.1 Å². The van der Waals surface area contributed by atoms with E-state index in [2.05, 4.69) is 10.3 Å². The highest BCUT2D eigenvalue weighted by Crippen LogP contribution is 2.21. The predicted octanol–water partition coefficient (Wildman–Crippen LogP) is 1.33. The highest BCUT2D eigenvalue weighted by molar-refractivity contribution is 7.99. The summed E-state index contributed by atoms with van der Waals surface area (Å²) in [4.78, 5) is 15.4. The predicted molar refractivity (Wildman–Crippen MR) is 64.0 cm³/mol.